The second-order valence-corrected chi connectivity index (χ2v) is 7.88. The van der Waals surface area contributed by atoms with Gasteiger partial charge < -0.3 is 15.1 Å². The first-order chi connectivity index (χ1) is 13.3. The molecule has 0 radical (unpaired) electrons. The van der Waals surface area contributed by atoms with E-state index in [0.29, 0.717) is 41.6 Å². The predicted molar refractivity (Wildman–Crippen MR) is 99.5 cm³/mol. The number of piperazine rings is 1. The molecule has 2 aromatic rings. The molecule has 0 atom stereocenters. The fraction of sp³-hybridized carbons (Fsp3) is 0.722. The van der Waals surface area contributed by atoms with Crippen molar-refractivity contribution < 1.29 is 9.42 Å². The monoisotopic (exact) mass is 371 g/mol. The molecule has 1 amide bonds. The molecule has 1 aliphatic heterocycles. The van der Waals surface area contributed by atoms with Crippen LogP contribution in [-0.2, 0) is 4.79 Å². The number of aromatic nitrogens is 4. The van der Waals surface area contributed by atoms with E-state index in [2.05, 4.69) is 30.5 Å². The first-order valence-electron chi connectivity index (χ1n) is 10.1. The third kappa shape index (κ3) is 3.19. The van der Waals surface area contributed by atoms with Gasteiger partial charge in [-0.3, -0.25) is 4.79 Å². The maximum absolute atomic E-state index is 12.8. The number of carbonyl (C=O) groups excluding carboxylic acids is 1. The van der Waals surface area contributed by atoms with Gasteiger partial charge in [-0.05, 0) is 36.0 Å². The van der Waals surface area contributed by atoms with E-state index in [1.54, 1.807) is 0 Å². The topological polar surface area (TPSA) is 100 Å². The molecule has 1 saturated heterocycles. The average molecular weight is 371 g/mol. The lowest BCUT2D eigenvalue weighted by Gasteiger charge is -2.38. The Labute approximate surface area is 157 Å². The summed E-state index contributed by atoms with van der Waals surface area (Å²) in [6.07, 6.45) is 9.45. The van der Waals surface area contributed by atoms with Crippen LogP contribution in [0.15, 0.2) is 4.63 Å². The Morgan fingerprint density at radius 2 is 1.63 bits per heavy atom. The van der Waals surface area contributed by atoms with E-state index in [0.717, 1.165) is 38.8 Å². The van der Waals surface area contributed by atoms with Crippen molar-refractivity contribution in [3.63, 3.8) is 0 Å². The van der Waals surface area contributed by atoms with Gasteiger partial charge in [0, 0.05) is 25.2 Å². The molecular formula is C18H25N7O2. The lowest BCUT2D eigenvalue weighted by atomic mass is 10.1. The lowest BCUT2D eigenvalue weighted by Crippen LogP contribution is -2.54. The van der Waals surface area contributed by atoms with Crippen molar-refractivity contribution in [1.29, 1.82) is 0 Å². The normalized spacial score (nSPS) is 22.3. The molecule has 144 valence electrons. The van der Waals surface area contributed by atoms with Crippen LogP contribution in [0, 0.1) is 0 Å². The zero-order valence-corrected chi connectivity index (χ0v) is 15.4. The summed E-state index contributed by atoms with van der Waals surface area (Å²) in [5.41, 5.74) is 0.780. The molecular weight excluding hydrogens is 346 g/mol. The number of carbonyl (C=O) groups is 1. The molecule has 2 aliphatic carbocycles. The van der Waals surface area contributed by atoms with Gasteiger partial charge in [0.15, 0.2) is 11.6 Å². The molecule has 0 unspecified atom stereocenters. The van der Waals surface area contributed by atoms with Crippen LogP contribution < -0.4 is 10.2 Å². The summed E-state index contributed by atoms with van der Waals surface area (Å²) in [6.45, 7) is 1.83. The van der Waals surface area contributed by atoms with E-state index < -0.39 is 0 Å². The Bertz CT molecular complexity index is 826. The van der Waals surface area contributed by atoms with Gasteiger partial charge in [0.25, 0.3) is 0 Å². The number of nitrogens with zero attached hydrogens (tertiary/aromatic N) is 6. The van der Waals surface area contributed by atoms with Gasteiger partial charge >= 0.3 is 0 Å². The summed E-state index contributed by atoms with van der Waals surface area (Å²) >= 11 is 0. The SMILES string of the molecule is O=C1CN(c2nc3nonc3nc2NC2CCCC2)CCN1C1CCCC1. The molecule has 9 nitrogen and oxygen atoms in total. The number of anilines is 2. The third-order valence-corrected chi connectivity index (χ3v) is 6.11. The molecule has 2 saturated carbocycles. The number of hydrogen-bond acceptors (Lipinski definition) is 8. The van der Waals surface area contributed by atoms with E-state index in [-0.39, 0.29) is 5.91 Å². The second-order valence-electron chi connectivity index (χ2n) is 7.88. The Morgan fingerprint density at radius 1 is 0.926 bits per heavy atom. The van der Waals surface area contributed by atoms with Crippen LogP contribution in [0.5, 0.6) is 0 Å². The molecule has 27 heavy (non-hydrogen) atoms. The van der Waals surface area contributed by atoms with Crippen LogP contribution in [0.25, 0.3) is 11.3 Å². The second kappa shape index (κ2) is 6.94. The van der Waals surface area contributed by atoms with Crippen LogP contribution >= 0.6 is 0 Å². The van der Waals surface area contributed by atoms with Gasteiger partial charge in [-0.2, -0.15) is 0 Å². The van der Waals surface area contributed by atoms with Crippen molar-refractivity contribution in [2.45, 2.75) is 63.5 Å². The van der Waals surface area contributed by atoms with Crippen molar-refractivity contribution in [3.8, 4) is 0 Å². The lowest BCUT2D eigenvalue weighted by molar-refractivity contribution is -0.133. The molecule has 3 aliphatic rings. The molecule has 3 heterocycles. The largest absolute Gasteiger partial charge is 0.364 e. The van der Waals surface area contributed by atoms with Crippen LogP contribution in [0.3, 0.4) is 0 Å². The van der Waals surface area contributed by atoms with Crippen molar-refractivity contribution in [2.75, 3.05) is 29.9 Å². The molecule has 1 N–H and O–H groups in total. The van der Waals surface area contributed by atoms with Crippen molar-refractivity contribution in [3.05, 3.63) is 0 Å². The molecule has 0 aromatic carbocycles. The Morgan fingerprint density at radius 3 is 2.37 bits per heavy atom. The van der Waals surface area contributed by atoms with Gasteiger partial charge in [-0.25, -0.2) is 14.6 Å². The molecule has 0 bridgehead atoms. The van der Waals surface area contributed by atoms with Gasteiger partial charge in [-0.15, -0.1) is 0 Å². The standard InChI is InChI=1S/C18H25N7O2/c26-14-11-24(9-10-25(14)13-7-3-4-8-13)18-17(19-12-5-1-2-6-12)20-15-16(21-18)23-27-22-15/h12-13H,1-11H2,(H,19,20,22). The molecule has 0 spiro atoms. The third-order valence-electron chi connectivity index (χ3n) is 6.11. The highest BCUT2D eigenvalue weighted by atomic mass is 16.6. The van der Waals surface area contributed by atoms with Gasteiger partial charge in [0.05, 0.1) is 6.54 Å². The summed E-state index contributed by atoms with van der Waals surface area (Å²) in [6, 6.07) is 0.815. The predicted octanol–water partition coefficient (Wildman–Crippen LogP) is 1.96. The van der Waals surface area contributed by atoms with Gasteiger partial charge in [0.2, 0.25) is 17.2 Å². The van der Waals surface area contributed by atoms with Crippen LogP contribution in [0.4, 0.5) is 11.6 Å². The first kappa shape index (κ1) is 16.7. The smallest absolute Gasteiger partial charge is 0.245 e. The maximum Gasteiger partial charge on any atom is 0.245 e. The van der Waals surface area contributed by atoms with E-state index in [1.807, 2.05) is 4.90 Å². The number of amides is 1. The minimum absolute atomic E-state index is 0.181. The van der Waals surface area contributed by atoms with E-state index in [1.165, 1.54) is 25.7 Å². The average Bonchev–Trinajstić information content (AvgIpc) is 3.43. The summed E-state index contributed by atoms with van der Waals surface area (Å²) in [5, 5.41) is 11.2. The highest BCUT2D eigenvalue weighted by Crippen LogP contribution is 2.30. The molecule has 2 aromatic heterocycles. The summed E-state index contributed by atoms with van der Waals surface area (Å²) in [5.74, 6) is 1.55. The minimum atomic E-state index is 0.181. The van der Waals surface area contributed by atoms with E-state index in [9.17, 15) is 4.79 Å². The molecule has 9 heteroatoms. The Balaban J connectivity index is 1.40. The van der Waals surface area contributed by atoms with Crippen molar-refractivity contribution in [2.24, 2.45) is 0 Å². The van der Waals surface area contributed by atoms with Gasteiger partial charge in [-0.1, -0.05) is 25.7 Å². The highest BCUT2D eigenvalue weighted by molar-refractivity contribution is 5.85. The van der Waals surface area contributed by atoms with Crippen LogP contribution in [0.1, 0.15) is 51.4 Å². The number of fused-ring (bicyclic) bond motifs is 1. The van der Waals surface area contributed by atoms with E-state index in [4.69, 9.17) is 4.63 Å². The zero-order chi connectivity index (χ0) is 18.2. The number of hydrogen-bond donors (Lipinski definition) is 1. The van der Waals surface area contributed by atoms with Crippen LogP contribution in [0.2, 0.25) is 0 Å². The number of rotatable bonds is 4. The Kier molecular flexibility index (Phi) is 4.29. The quantitative estimate of drug-likeness (QED) is 0.870. The summed E-state index contributed by atoms with van der Waals surface area (Å²) in [4.78, 5) is 26.1. The fourth-order valence-electron chi connectivity index (χ4n) is 4.68. The highest BCUT2D eigenvalue weighted by Gasteiger charge is 2.33. The molecule has 3 fully saturated rings. The number of nitrogens with one attached hydrogen (secondary N) is 1. The van der Waals surface area contributed by atoms with Gasteiger partial charge in [0.1, 0.15) is 0 Å². The van der Waals surface area contributed by atoms with E-state index >= 15 is 0 Å². The maximum atomic E-state index is 12.8. The molecule has 5 rings (SSSR count). The minimum Gasteiger partial charge on any atom is -0.364 e. The summed E-state index contributed by atoms with van der Waals surface area (Å²) in [7, 11) is 0. The Hall–Kier alpha value is -2.45. The summed E-state index contributed by atoms with van der Waals surface area (Å²) < 4.78 is 4.79. The first-order valence-corrected chi connectivity index (χ1v) is 10.1. The van der Waals surface area contributed by atoms with Crippen molar-refractivity contribution in [1.82, 2.24) is 25.2 Å². The van der Waals surface area contributed by atoms with Crippen LogP contribution in [-0.4, -0.2) is 62.8 Å². The zero-order valence-electron chi connectivity index (χ0n) is 15.4. The fourth-order valence-corrected chi connectivity index (χ4v) is 4.68. The van der Waals surface area contributed by atoms with Crippen molar-refractivity contribution >= 4 is 28.8 Å².